The first kappa shape index (κ1) is 15.5. The molecular formula is C16H29N3O. The van der Waals surface area contributed by atoms with E-state index in [9.17, 15) is 0 Å². The molecule has 4 heteroatoms. The minimum Gasteiger partial charge on any atom is -0.373 e. The molecule has 0 saturated heterocycles. The third-order valence-corrected chi connectivity index (χ3v) is 4.43. The van der Waals surface area contributed by atoms with Crippen molar-refractivity contribution in [3.63, 3.8) is 0 Å². The van der Waals surface area contributed by atoms with Crippen LogP contribution in [0.2, 0.25) is 0 Å². The Bertz CT molecular complexity index is 394. The molecular weight excluding hydrogens is 250 g/mol. The number of likely N-dealkylation sites (N-methyl/N-ethyl adjacent to an activating group) is 1. The van der Waals surface area contributed by atoms with Crippen LogP contribution in [0.25, 0.3) is 0 Å². The maximum Gasteiger partial charge on any atom is 0.128 e. The van der Waals surface area contributed by atoms with Crippen molar-refractivity contribution in [2.24, 2.45) is 7.05 Å². The summed E-state index contributed by atoms with van der Waals surface area (Å²) in [4.78, 5) is 4.59. The van der Waals surface area contributed by atoms with E-state index in [1.54, 1.807) is 0 Å². The highest BCUT2D eigenvalue weighted by Gasteiger charge is 2.42. The van der Waals surface area contributed by atoms with Gasteiger partial charge in [0.1, 0.15) is 5.82 Å². The summed E-state index contributed by atoms with van der Waals surface area (Å²) in [6.45, 7) is 5.97. The van der Waals surface area contributed by atoms with E-state index in [-0.39, 0.29) is 11.6 Å². The molecule has 0 amide bonds. The number of aromatic nitrogens is 2. The van der Waals surface area contributed by atoms with Crippen molar-refractivity contribution < 1.29 is 4.74 Å². The molecule has 1 N–H and O–H groups in total. The molecule has 0 aliphatic heterocycles. The lowest BCUT2D eigenvalue weighted by molar-refractivity contribution is -0.0802. The first-order valence-corrected chi connectivity index (χ1v) is 8.08. The molecule has 0 bridgehead atoms. The van der Waals surface area contributed by atoms with Crippen LogP contribution in [0.4, 0.5) is 0 Å². The SMILES string of the molecule is CCNC(c1nccn1C)C1(OCC)CCCCCC1. The predicted octanol–water partition coefficient (Wildman–Crippen LogP) is 3.20. The van der Waals surface area contributed by atoms with Crippen LogP contribution in [0.5, 0.6) is 0 Å². The smallest absolute Gasteiger partial charge is 0.128 e. The van der Waals surface area contributed by atoms with Crippen molar-refractivity contribution in [1.29, 1.82) is 0 Å². The number of nitrogens with zero attached hydrogens (tertiary/aromatic N) is 2. The highest BCUT2D eigenvalue weighted by Crippen LogP contribution is 2.40. The Morgan fingerprint density at radius 1 is 1.30 bits per heavy atom. The molecule has 0 spiro atoms. The van der Waals surface area contributed by atoms with Gasteiger partial charge in [-0.3, -0.25) is 0 Å². The van der Waals surface area contributed by atoms with Crippen LogP contribution >= 0.6 is 0 Å². The van der Waals surface area contributed by atoms with Gasteiger partial charge >= 0.3 is 0 Å². The van der Waals surface area contributed by atoms with Crippen LogP contribution in [0.15, 0.2) is 12.4 Å². The molecule has 1 atom stereocenters. The number of hydrogen-bond donors (Lipinski definition) is 1. The zero-order valence-corrected chi connectivity index (χ0v) is 13.2. The number of aryl methyl sites for hydroxylation is 1. The number of ether oxygens (including phenoxy) is 1. The lowest BCUT2D eigenvalue weighted by Crippen LogP contribution is -2.47. The van der Waals surface area contributed by atoms with Gasteiger partial charge in [0.05, 0.1) is 11.6 Å². The van der Waals surface area contributed by atoms with E-state index in [0.29, 0.717) is 0 Å². The summed E-state index contributed by atoms with van der Waals surface area (Å²) in [5, 5.41) is 3.64. The van der Waals surface area contributed by atoms with Crippen LogP contribution in [0, 0.1) is 0 Å². The lowest BCUT2D eigenvalue weighted by atomic mass is 9.85. The summed E-state index contributed by atoms with van der Waals surface area (Å²) in [7, 11) is 2.07. The summed E-state index contributed by atoms with van der Waals surface area (Å²) >= 11 is 0. The van der Waals surface area contributed by atoms with E-state index in [2.05, 4.69) is 35.8 Å². The minimum atomic E-state index is -0.0969. The maximum absolute atomic E-state index is 6.33. The van der Waals surface area contributed by atoms with E-state index in [1.807, 2.05) is 12.4 Å². The van der Waals surface area contributed by atoms with E-state index in [4.69, 9.17) is 4.74 Å². The topological polar surface area (TPSA) is 39.1 Å². The van der Waals surface area contributed by atoms with Crippen LogP contribution in [0.1, 0.15) is 64.2 Å². The fourth-order valence-corrected chi connectivity index (χ4v) is 3.50. The largest absolute Gasteiger partial charge is 0.373 e. The van der Waals surface area contributed by atoms with Crippen molar-refractivity contribution in [2.45, 2.75) is 64.0 Å². The average Bonchev–Trinajstić information content (AvgIpc) is 2.72. The van der Waals surface area contributed by atoms with Crippen molar-refractivity contribution in [2.75, 3.05) is 13.2 Å². The van der Waals surface area contributed by atoms with Crippen LogP contribution in [-0.4, -0.2) is 28.3 Å². The Hall–Kier alpha value is -0.870. The summed E-state index contributed by atoms with van der Waals surface area (Å²) in [6.07, 6.45) is 11.3. The van der Waals surface area contributed by atoms with Gasteiger partial charge in [-0.15, -0.1) is 0 Å². The van der Waals surface area contributed by atoms with Gasteiger partial charge in [-0.2, -0.15) is 0 Å². The van der Waals surface area contributed by atoms with Crippen molar-refractivity contribution >= 4 is 0 Å². The first-order chi connectivity index (χ1) is 9.73. The average molecular weight is 279 g/mol. The summed E-state index contributed by atoms with van der Waals surface area (Å²) in [5.41, 5.74) is -0.0969. The molecule has 0 radical (unpaired) electrons. The fraction of sp³-hybridized carbons (Fsp3) is 0.812. The molecule has 1 aromatic heterocycles. The molecule has 20 heavy (non-hydrogen) atoms. The Kier molecular flexibility index (Phi) is 5.61. The van der Waals surface area contributed by atoms with E-state index < -0.39 is 0 Å². The van der Waals surface area contributed by atoms with Crippen molar-refractivity contribution in [3.8, 4) is 0 Å². The lowest BCUT2D eigenvalue weighted by Gasteiger charge is -2.40. The molecule has 1 unspecified atom stereocenters. The molecule has 114 valence electrons. The number of hydrogen-bond acceptors (Lipinski definition) is 3. The molecule has 1 heterocycles. The van der Waals surface area contributed by atoms with Crippen molar-refractivity contribution in [3.05, 3.63) is 18.2 Å². The van der Waals surface area contributed by atoms with Crippen LogP contribution < -0.4 is 5.32 Å². The molecule has 2 rings (SSSR count). The van der Waals surface area contributed by atoms with Gasteiger partial charge in [-0.25, -0.2) is 4.98 Å². The standard InChI is InChI=1S/C16H29N3O/c1-4-17-14(15-18-12-13-19(15)3)16(20-5-2)10-8-6-7-9-11-16/h12-14,17H,4-11H2,1-3H3. The molecule has 4 nitrogen and oxygen atoms in total. The molecule has 0 aromatic carbocycles. The second kappa shape index (κ2) is 7.23. The Balaban J connectivity index is 2.33. The van der Waals surface area contributed by atoms with Crippen molar-refractivity contribution in [1.82, 2.24) is 14.9 Å². The molecule has 1 aromatic rings. The molecule has 1 aliphatic carbocycles. The number of rotatable bonds is 6. The third-order valence-electron chi connectivity index (χ3n) is 4.43. The molecule has 1 saturated carbocycles. The van der Waals surface area contributed by atoms with Gasteiger partial charge in [0.25, 0.3) is 0 Å². The molecule has 1 fully saturated rings. The monoisotopic (exact) mass is 279 g/mol. The quantitative estimate of drug-likeness (QED) is 0.813. The Morgan fingerprint density at radius 3 is 2.50 bits per heavy atom. The third kappa shape index (κ3) is 3.23. The van der Waals surface area contributed by atoms with Gasteiger partial charge in [0.2, 0.25) is 0 Å². The second-order valence-electron chi connectivity index (χ2n) is 5.80. The molecule has 1 aliphatic rings. The van der Waals surface area contributed by atoms with Gasteiger partial charge in [-0.05, 0) is 26.3 Å². The van der Waals surface area contributed by atoms with Gasteiger partial charge in [0, 0.05) is 26.0 Å². The number of imidazole rings is 1. The van der Waals surface area contributed by atoms with Crippen LogP contribution in [0.3, 0.4) is 0 Å². The van der Waals surface area contributed by atoms with Gasteiger partial charge in [-0.1, -0.05) is 32.6 Å². The Labute approximate surface area is 122 Å². The first-order valence-electron chi connectivity index (χ1n) is 8.08. The van der Waals surface area contributed by atoms with Gasteiger partial charge < -0.3 is 14.6 Å². The highest BCUT2D eigenvalue weighted by atomic mass is 16.5. The number of nitrogens with one attached hydrogen (secondary N) is 1. The summed E-state index contributed by atoms with van der Waals surface area (Å²) in [6, 6.07) is 0.186. The zero-order chi connectivity index (χ0) is 14.4. The van der Waals surface area contributed by atoms with E-state index in [1.165, 1.54) is 25.7 Å². The zero-order valence-electron chi connectivity index (χ0n) is 13.2. The minimum absolute atomic E-state index is 0.0969. The fourth-order valence-electron chi connectivity index (χ4n) is 3.50. The normalized spacial score (nSPS) is 20.6. The second-order valence-corrected chi connectivity index (χ2v) is 5.80. The summed E-state index contributed by atoms with van der Waals surface area (Å²) < 4.78 is 8.45. The van der Waals surface area contributed by atoms with Crippen LogP contribution in [-0.2, 0) is 11.8 Å². The highest BCUT2D eigenvalue weighted by molar-refractivity contribution is 5.08. The maximum atomic E-state index is 6.33. The summed E-state index contributed by atoms with van der Waals surface area (Å²) in [5.74, 6) is 1.10. The predicted molar refractivity (Wildman–Crippen MR) is 81.7 cm³/mol. The van der Waals surface area contributed by atoms with E-state index in [0.717, 1.165) is 31.8 Å². The Morgan fingerprint density at radius 2 is 2.00 bits per heavy atom. The van der Waals surface area contributed by atoms with Gasteiger partial charge in [0.15, 0.2) is 0 Å². The van der Waals surface area contributed by atoms with E-state index >= 15 is 0 Å².